The number of carbonyl (C=O) groups is 1. The van der Waals surface area contributed by atoms with Crippen molar-refractivity contribution in [2.45, 2.75) is 51.3 Å². The molecule has 2 aliphatic rings. The van der Waals surface area contributed by atoms with Crippen molar-refractivity contribution in [2.75, 3.05) is 18.0 Å². The molecule has 2 saturated heterocycles. The predicted octanol–water partition coefficient (Wildman–Crippen LogP) is 3.41. The lowest BCUT2D eigenvalue weighted by atomic mass is 10.1. The average Bonchev–Trinajstić information content (AvgIpc) is 2.87. The zero-order valence-corrected chi connectivity index (χ0v) is 16.2. The standard InChI is InChI=1S/C18H21ClFN5O2/c1-18(2,3)27-17(26)25-10-4-5-11(25)8-24(7-10)16-12-6-21-15(19)13(20)14(12)22-9-23-16/h6,9-11H,4-5,7-8H2,1-3H3. The Labute approximate surface area is 161 Å². The Morgan fingerprint density at radius 2 is 1.89 bits per heavy atom. The second-order valence-corrected chi connectivity index (χ2v) is 8.36. The normalized spacial score (nSPS) is 22.4. The number of amides is 1. The lowest BCUT2D eigenvalue weighted by Crippen LogP contribution is -2.57. The van der Waals surface area contributed by atoms with E-state index in [-0.39, 0.29) is 28.8 Å². The van der Waals surface area contributed by atoms with Crippen LogP contribution in [0.1, 0.15) is 33.6 Å². The monoisotopic (exact) mass is 393 g/mol. The van der Waals surface area contributed by atoms with Crippen molar-refractivity contribution in [1.29, 1.82) is 0 Å². The van der Waals surface area contributed by atoms with Gasteiger partial charge in [0.25, 0.3) is 0 Å². The summed E-state index contributed by atoms with van der Waals surface area (Å²) in [4.78, 5) is 28.8. The molecule has 0 radical (unpaired) electrons. The number of carbonyl (C=O) groups excluding carboxylic acids is 1. The van der Waals surface area contributed by atoms with Gasteiger partial charge in [-0.3, -0.25) is 4.90 Å². The number of ether oxygens (including phenoxy) is 1. The molecule has 0 spiro atoms. The molecule has 144 valence electrons. The van der Waals surface area contributed by atoms with E-state index in [1.807, 2.05) is 25.7 Å². The minimum absolute atomic E-state index is 0.0359. The van der Waals surface area contributed by atoms with Gasteiger partial charge in [0.1, 0.15) is 23.3 Å². The summed E-state index contributed by atoms with van der Waals surface area (Å²) in [5.41, 5.74) is -0.374. The molecule has 2 aromatic heterocycles. The molecule has 27 heavy (non-hydrogen) atoms. The molecule has 2 aliphatic heterocycles. The Morgan fingerprint density at radius 3 is 2.52 bits per heavy atom. The van der Waals surface area contributed by atoms with Crippen molar-refractivity contribution in [3.8, 4) is 0 Å². The largest absolute Gasteiger partial charge is 0.444 e. The van der Waals surface area contributed by atoms with Gasteiger partial charge in [-0.2, -0.15) is 0 Å². The minimum Gasteiger partial charge on any atom is -0.444 e. The molecule has 2 bridgehead atoms. The topological polar surface area (TPSA) is 71.5 Å². The smallest absolute Gasteiger partial charge is 0.410 e. The fourth-order valence-corrected chi connectivity index (χ4v) is 4.03. The van der Waals surface area contributed by atoms with Gasteiger partial charge in [0.15, 0.2) is 11.0 Å². The third kappa shape index (κ3) is 3.26. The second kappa shape index (κ2) is 6.44. The molecule has 4 rings (SSSR count). The Morgan fingerprint density at radius 1 is 1.22 bits per heavy atom. The van der Waals surface area contributed by atoms with Gasteiger partial charge in [0.05, 0.1) is 17.5 Å². The van der Waals surface area contributed by atoms with Crippen molar-refractivity contribution in [3.63, 3.8) is 0 Å². The van der Waals surface area contributed by atoms with Crippen LogP contribution < -0.4 is 4.90 Å². The molecular weight excluding hydrogens is 373 g/mol. The maximum atomic E-state index is 14.3. The number of fused-ring (bicyclic) bond motifs is 3. The molecular formula is C18H21ClFN5O2. The third-order valence-electron chi connectivity index (χ3n) is 4.94. The Bertz CT molecular complexity index is 889. The van der Waals surface area contributed by atoms with Crippen molar-refractivity contribution in [1.82, 2.24) is 19.9 Å². The van der Waals surface area contributed by atoms with Gasteiger partial charge >= 0.3 is 6.09 Å². The lowest BCUT2D eigenvalue weighted by molar-refractivity contribution is 0.0123. The fraction of sp³-hybridized carbons (Fsp3) is 0.556. The first-order valence-electron chi connectivity index (χ1n) is 8.95. The average molecular weight is 394 g/mol. The molecule has 9 heteroatoms. The van der Waals surface area contributed by atoms with E-state index in [2.05, 4.69) is 19.9 Å². The summed E-state index contributed by atoms with van der Waals surface area (Å²) < 4.78 is 19.8. The summed E-state index contributed by atoms with van der Waals surface area (Å²) in [5, 5.41) is 0.312. The highest BCUT2D eigenvalue weighted by Gasteiger charge is 2.44. The molecule has 7 nitrogen and oxygen atoms in total. The van der Waals surface area contributed by atoms with Crippen LogP contribution in [0.15, 0.2) is 12.5 Å². The summed E-state index contributed by atoms with van der Waals surface area (Å²) in [7, 11) is 0. The van der Waals surface area contributed by atoms with E-state index >= 15 is 0 Å². The molecule has 2 unspecified atom stereocenters. The first-order chi connectivity index (χ1) is 12.7. The lowest BCUT2D eigenvalue weighted by Gasteiger charge is -2.42. The maximum absolute atomic E-state index is 14.3. The van der Waals surface area contributed by atoms with Crippen LogP contribution in [0.25, 0.3) is 10.9 Å². The first kappa shape index (κ1) is 18.2. The van der Waals surface area contributed by atoms with E-state index in [1.165, 1.54) is 12.5 Å². The molecule has 2 atom stereocenters. The van der Waals surface area contributed by atoms with Gasteiger partial charge < -0.3 is 9.64 Å². The Balaban J connectivity index is 1.62. The Hall–Kier alpha value is -2.22. The molecule has 1 amide bonds. The first-order valence-corrected chi connectivity index (χ1v) is 9.33. The van der Waals surface area contributed by atoms with Crippen molar-refractivity contribution in [3.05, 3.63) is 23.5 Å². The van der Waals surface area contributed by atoms with E-state index in [0.717, 1.165) is 12.8 Å². The number of anilines is 1. The van der Waals surface area contributed by atoms with Crippen LogP contribution in [0.5, 0.6) is 0 Å². The number of piperazine rings is 1. The molecule has 0 saturated carbocycles. The number of aromatic nitrogens is 3. The van der Waals surface area contributed by atoms with Crippen LogP contribution in [-0.2, 0) is 4.74 Å². The second-order valence-electron chi connectivity index (χ2n) is 8.00. The summed E-state index contributed by atoms with van der Waals surface area (Å²) in [5.74, 6) is -0.0306. The Kier molecular flexibility index (Phi) is 4.33. The molecule has 0 aromatic carbocycles. The van der Waals surface area contributed by atoms with Crippen molar-refractivity contribution < 1.29 is 13.9 Å². The van der Waals surface area contributed by atoms with Gasteiger partial charge in [0.2, 0.25) is 0 Å². The number of nitrogens with zero attached hydrogens (tertiary/aromatic N) is 5. The highest BCUT2D eigenvalue weighted by molar-refractivity contribution is 6.30. The van der Waals surface area contributed by atoms with Crippen LogP contribution in [0.2, 0.25) is 5.15 Å². The number of hydrogen-bond donors (Lipinski definition) is 0. The van der Waals surface area contributed by atoms with Gasteiger partial charge in [-0.25, -0.2) is 24.1 Å². The van der Waals surface area contributed by atoms with Crippen molar-refractivity contribution >= 4 is 34.4 Å². The van der Waals surface area contributed by atoms with Crippen LogP contribution >= 0.6 is 11.6 Å². The van der Waals surface area contributed by atoms with E-state index in [4.69, 9.17) is 16.3 Å². The molecule has 2 fully saturated rings. The predicted molar refractivity (Wildman–Crippen MR) is 99.4 cm³/mol. The van der Waals surface area contributed by atoms with E-state index in [9.17, 15) is 9.18 Å². The van der Waals surface area contributed by atoms with Crippen LogP contribution in [0.3, 0.4) is 0 Å². The van der Waals surface area contributed by atoms with Crippen LogP contribution in [-0.4, -0.2) is 56.7 Å². The van der Waals surface area contributed by atoms with Gasteiger partial charge in [-0.05, 0) is 33.6 Å². The highest BCUT2D eigenvalue weighted by atomic mass is 35.5. The van der Waals surface area contributed by atoms with Gasteiger partial charge in [-0.1, -0.05) is 11.6 Å². The minimum atomic E-state index is -0.645. The van der Waals surface area contributed by atoms with E-state index < -0.39 is 11.4 Å². The number of rotatable bonds is 1. The molecule has 4 heterocycles. The summed E-state index contributed by atoms with van der Waals surface area (Å²) in [6.45, 7) is 6.80. The summed E-state index contributed by atoms with van der Waals surface area (Å²) in [6.07, 6.45) is 4.36. The fourth-order valence-electron chi connectivity index (χ4n) is 3.90. The summed E-state index contributed by atoms with van der Waals surface area (Å²) in [6, 6.07) is 0.0717. The SMILES string of the molecule is CC(C)(C)OC(=O)N1C2CCC1CN(c1ncnc3c(F)c(Cl)ncc13)C2. The number of pyridine rings is 1. The molecule has 2 aromatic rings. The van der Waals surface area contributed by atoms with Gasteiger partial charge in [-0.15, -0.1) is 0 Å². The number of hydrogen-bond acceptors (Lipinski definition) is 6. The molecule has 0 N–H and O–H groups in total. The molecule has 0 aliphatic carbocycles. The quantitative estimate of drug-likeness (QED) is 0.691. The van der Waals surface area contributed by atoms with E-state index in [0.29, 0.717) is 24.3 Å². The number of halogens is 2. The zero-order valence-electron chi connectivity index (χ0n) is 15.4. The highest BCUT2D eigenvalue weighted by Crippen LogP contribution is 2.35. The van der Waals surface area contributed by atoms with Crippen LogP contribution in [0.4, 0.5) is 15.0 Å². The maximum Gasteiger partial charge on any atom is 0.410 e. The van der Waals surface area contributed by atoms with Crippen molar-refractivity contribution in [2.24, 2.45) is 0 Å². The van der Waals surface area contributed by atoms with E-state index in [1.54, 1.807) is 0 Å². The zero-order chi connectivity index (χ0) is 19.3. The third-order valence-corrected chi connectivity index (χ3v) is 5.21. The van der Waals surface area contributed by atoms with Gasteiger partial charge in [0, 0.05) is 19.3 Å². The summed E-state index contributed by atoms with van der Waals surface area (Å²) >= 11 is 5.77. The van der Waals surface area contributed by atoms with Crippen LogP contribution in [0, 0.1) is 5.82 Å².